The molecule has 1 saturated heterocycles. The van der Waals surface area contributed by atoms with E-state index in [2.05, 4.69) is 20.9 Å². The summed E-state index contributed by atoms with van der Waals surface area (Å²) in [7, 11) is 0. The SMILES string of the molecule is CC(C)C(NC(=O)NCc1ccccc1)C(=O)NC1CCN(Cc2cccc(C(F)(F)F)c2)CC1. The standard InChI is InChI=1S/C26H33F3N4O2/c1-18(2)23(32-25(35)30-16-19-7-4-3-5-8-19)24(34)31-22-11-13-33(14-12-22)17-20-9-6-10-21(15-20)26(27,28)29/h3-10,15,18,22-23H,11-14,16-17H2,1-2H3,(H,31,34)(H2,30,32,35). The summed E-state index contributed by atoms with van der Waals surface area (Å²) in [5.74, 6) is -0.329. The zero-order valence-electron chi connectivity index (χ0n) is 20.1. The first-order chi connectivity index (χ1) is 16.6. The second-order valence-electron chi connectivity index (χ2n) is 9.29. The van der Waals surface area contributed by atoms with Crippen LogP contribution in [0.2, 0.25) is 0 Å². The van der Waals surface area contributed by atoms with E-state index < -0.39 is 23.8 Å². The van der Waals surface area contributed by atoms with Crippen molar-refractivity contribution in [3.05, 3.63) is 71.3 Å². The molecule has 1 aliphatic heterocycles. The molecule has 0 radical (unpaired) electrons. The third-order valence-corrected chi connectivity index (χ3v) is 6.13. The summed E-state index contributed by atoms with van der Waals surface area (Å²) < 4.78 is 38.9. The molecule has 0 aromatic heterocycles. The van der Waals surface area contributed by atoms with Gasteiger partial charge < -0.3 is 16.0 Å². The normalized spacial score (nSPS) is 16.1. The molecular weight excluding hydrogens is 457 g/mol. The molecule has 1 heterocycles. The van der Waals surface area contributed by atoms with Gasteiger partial charge in [0.25, 0.3) is 0 Å². The number of carbonyl (C=O) groups excluding carboxylic acids is 2. The van der Waals surface area contributed by atoms with Gasteiger partial charge in [0.1, 0.15) is 6.04 Å². The van der Waals surface area contributed by atoms with Crippen LogP contribution in [0.3, 0.4) is 0 Å². The van der Waals surface area contributed by atoms with E-state index in [0.717, 1.165) is 11.6 Å². The van der Waals surface area contributed by atoms with E-state index in [1.54, 1.807) is 6.07 Å². The van der Waals surface area contributed by atoms with Crippen molar-refractivity contribution in [2.45, 2.75) is 58.0 Å². The third-order valence-electron chi connectivity index (χ3n) is 6.13. The molecule has 3 N–H and O–H groups in total. The molecule has 0 saturated carbocycles. The lowest BCUT2D eigenvalue weighted by Crippen LogP contribution is -2.55. The number of hydrogen-bond donors (Lipinski definition) is 3. The average Bonchev–Trinajstić information content (AvgIpc) is 2.82. The Bertz CT molecular complexity index is 974. The van der Waals surface area contributed by atoms with Gasteiger partial charge in [-0.15, -0.1) is 0 Å². The number of alkyl halides is 3. The first-order valence-electron chi connectivity index (χ1n) is 11.9. The highest BCUT2D eigenvalue weighted by Gasteiger charge is 2.31. The molecule has 2 aromatic carbocycles. The number of urea groups is 1. The predicted molar refractivity (Wildman–Crippen MR) is 128 cm³/mol. The Morgan fingerprint density at radius 1 is 1.00 bits per heavy atom. The van der Waals surface area contributed by atoms with E-state index in [1.807, 2.05) is 44.2 Å². The van der Waals surface area contributed by atoms with Gasteiger partial charge in [-0.2, -0.15) is 13.2 Å². The monoisotopic (exact) mass is 490 g/mol. The summed E-state index contributed by atoms with van der Waals surface area (Å²) >= 11 is 0. The number of piperidine rings is 1. The van der Waals surface area contributed by atoms with Crippen LogP contribution < -0.4 is 16.0 Å². The average molecular weight is 491 g/mol. The lowest BCUT2D eigenvalue weighted by molar-refractivity contribution is -0.137. The van der Waals surface area contributed by atoms with Gasteiger partial charge in [-0.05, 0) is 36.0 Å². The Morgan fingerprint density at radius 3 is 2.29 bits per heavy atom. The molecule has 190 valence electrons. The summed E-state index contributed by atoms with van der Waals surface area (Å²) in [6, 6.07) is 13.8. The number of rotatable bonds is 8. The van der Waals surface area contributed by atoms with Crippen LogP contribution in [0, 0.1) is 5.92 Å². The fraction of sp³-hybridized carbons (Fsp3) is 0.462. The van der Waals surface area contributed by atoms with E-state index in [9.17, 15) is 22.8 Å². The largest absolute Gasteiger partial charge is 0.416 e. The molecule has 1 aliphatic rings. The number of nitrogens with one attached hydrogen (secondary N) is 3. The van der Waals surface area contributed by atoms with Crippen molar-refractivity contribution in [3.8, 4) is 0 Å². The first kappa shape index (κ1) is 26.5. The number of nitrogens with zero attached hydrogens (tertiary/aromatic N) is 1. The number of likely N-dealkylation sites (tertiary alicyclic amines) is 1. The van der Waals surface area contributed by atoms with Crippen LogP contribution in [0.1, 0.15) is 43.4 Å². The fourth-order valence-corrected chi connectivity index (χ4v) is 4.14. The van der Waals surface area contributed by atoms with Crippen LogP contribution in [0.4, 0.5) is 18.0 Å². The number of hydrogen-bond acceptors (Lipinski definition) is 3. The smallest absolute Gasteiger partial charge is 0.351 e. The molecule has 1 unspecified atom stereocenters. The van der Waals surface area contributed by atoms with Gasteiger partial charge in [-0.1, -0.05) is 62.4 Å². The van der Waals surface area contributed by atoms with Gasteiger partial charge in [0.05, 0.1) is 5.56 Å². The molecule has 0 aliphatic carbocycles. The van der Waals surface area contributed by atoms with Crippen LogP contribution in [0.5, 0.6) is 0 Å². The van der Waals surface area contributed by atoms with Crippen molar-refractivity contribution in [2.75, 3.05) is 13.1 Å². The number of carbonyl (C=O) groups is 2. The van der Waals surface area contributed by atoms with Crippen molar-refractivity contribution >= 4 is 11.9 Å². The van der Waals surface area contributed by atoms with E-state index in [4.69, 9.17) is 0 Å². The van der Waals surface area contributed by atoms with Crippen LogP contribution in [-0.2, 0) is 24.1 Å². The molecule has 1 atom stereocenters. The summed E-state index contributed by atoms with van der Waals surface area (Å²) in [6.45, 7) is 5.88. The van der Waals surface area contributed by atoms with E-state index in [1.165, 1.54) is 12.1 Å². The molecule has 3 amide bonds. The Morgan fingerprint density at radius 2 is 1.66 bits per heavy atom. The Hall–Kier alpha value is -3.07. The molecule has 35 heavy (non-hydrogen) atoms. The highest BCUT2D eigenvalue weighted by atomic mass is 19.4. The van der Waals surface area contributed by atoms with Crippen molar-refractivity contribution in [2.24, 2.45) is 5.92 Å². The van der Waals surface area contributed by atoms with E-state index in [0.29, 0.717) is 44.6 Å². The molecule has 2 aromatic rings. The summed E-state index contributed by atoms with van der Waals surface area (Å²) in [5.41, 5.74) is 0.940. The van der Waals surface area contributed by atoms with Gasteiger partial charge in [-0.3, -0.25) is 9.69 Å². The van der Waals surface area contributed by atoms with Gasteiger partial charge in [0.2, 0.25) is 5.91 Å². The topological polar surface area (TPSA) is 73.5 Å². The third kappa shape index (κ3) is 8.28. The first-order valence-corrected chi connectivity index (χ1v) is 11.9. The molecule has 1 fully saturated rings. The summed E-state index contributed by atoms with van der Waals surface area (Å²) in [4.78, 5) is 27.3. The van der Waals surface area contributed by atoms with Gasteiger partial charge in [0, 0.05) is 32.2 Å². The van der Waals surface area contributed by atoms with Crippen LogP contribution in [0.15, 0.2) is 54.6 Å². The number of halogens is 3. The van der Waals surface area contributed by atoms with Crippen LogP contribution in [-0.4, -0.2) is 42.0 Å². The van der Waals surface area contributed by atoms with Crippen molar-refractivity contribution in [3.63, 3.8) is 0 Å². The molecule has 0 spiro atoms. The van der Waals surface area contributed by atoms with Crippen molar-refractivity contribution < 1.29 is 22.8 Å². The lowest BCUT2D eigenvalue weighted by atomic mass is 10.00. The quantitative estimate of drug-likeness (QED) is 0.516. The maximum absolute atomic E-state index is 13.0. The minimum Gasteiger partial charge on any atom is -0.351 e. The molecule has 3 rings (SSSR count). The Balaban J connectivity index is 1.45. The maximum Gasteiger partial charge on any atom is 0.416 e. The zero-order chi connectivity index (χ0) is 25.4. The minimum atomic E-state index is -4.35. The summed E-state index contributed by atoms with van der Waals surface area (Å²) in [6.07, 6.45) is -2.97. The zero-order valence-corrected chi connectivity index (χ0v) is 20.1. The van der Waals surface area contributed by atoms with Crippen LogP contribution >= 0.6 is 0 Å². The van der Waals surface area contributed by atoms with E-state index in [-0.39, 0.29) is 17.9 Å². The maximum atomic E-state index is 13.0. The van der Waals surface area contributed by atoms with Crippen LogP contribution in [0.25, 0.3) is 0 Å². The second-order valence-corrected chi connectivity index (χ2v) is 9.29. The highest BCUT2D eigenvalue weighted by Crippen LogP contribution is 2.30. The molecule has 9 heteroatoms. The van der Waals surface area contributed by atoms with Gasteiger partial charge in [-0.25, -0.2) is 4.79 Å². The number of benzene rings is 2. The molecule has 0 bridgehead atoms. The second kappa shape index (κ2) is 12.1. The minimum absolute atomic E-state index is 0.0457. The molecular formula is C26H33F3N4O2. The van der Waals surface area contributed by atoms with Crippen molar-refractivity contribution in [1.82, 2.24) is 20.9 Å². The lowest BCUT2D eigenvalue weighted by Gasteiger charge is -2.33. The summed E-state index contributed by atoms with van der Waals surface area (Å²) in [5, 5.41) is 8.58. The highest BCUT2D eigenvalue weighted by molar-refractivity contribution is 5.87. The van der Waals surface area contributed by atoms with Crippen molar-refractivity contribution in [1.29, 1.82) is 0 Å². The van der Waals surface area contributed by atoms with E-state index >= 15 is 0 Å². The Kier molecular flexibility index (Phi) is 9.14. The number of amides is 3. The Labute approximate surface area is 204 Å². The fourth-order valence-electron chi connectivity index (χ4n) is 4.14. The van der Waals surface area contributed by atoms with Gasteiger partial charge in [0.15, 0.2) is 0 Å². The van der Waals surface area contributed by atoms with Gasteiger partial charge >= 0.3 is 12.2 Å². The predicted octanol–water partition coefficient (Wildman–Crippen LogP) is 4.31. The molecule has 6 nitrogen and oxygen atoms in total.